The molecule has 112 valence electrons. The molecule has 0 amide bonds. The van der Waals surface area contributed by atoms with E-state index in [9.17, 15) is 4.79 Å². The zero-order chi connectivity index (χ0) is 15.8. The molecule has 0 spiro atoms. The number of nitrogens with zero attached hydrogens (tertiary/aromatic N) is 1. The van der Waals surface area contributed by atoms with Crippen molar-refractivity contribution in [1.82, 2.24) is 15.2 Å². The Balaban J connectivity index is 1.75. The van der Waals surface area contributed by atoms with Crippen LogP contribution in [0.15, 0.2) is 60.7 Å². The predicted molar refractivity (Wildman–Crippen MR) is 88.3 cm³/mol. The molecule has 0 atom stereocenters. The quantitative estimate of drug-likeness (QED) is 0.536. The highest BCUT2D eigenvalue weighted by Gasteiger charge is 2.10. The van der Waals surface area contributed by atoms with Gasteiger partial charge in [0, 0.05) is 16.5 Å². The Labute approximate surface area is 131 Å². The molecule has 4 aromatic rings. The Morgan fingerprint density at radius 2 is 1.78 bits per heavy atom. The Hall–Kier alpha value is -3.34. The van der Waals surface area contributed by atoms with Crippen LogP contribution >= 0.6 is 0 Å². The molecule has 5 nitrogen and oxygen atoms in total. The summed E-state index contributed by atoms with van der Waals surface area (Å²) in [6.07, 6.45) is 0. The van der Waals surface area contributed by atoms with E-state index in [0.717, 1.165) is 33.5 Å². The summed E-state index contributed by atoms with van der Waals surface area (Å²) in [6, 6.07) is 18.9. The molecule has 3 N–H and O–H groups in total. The van der Waals surface area contributed by atoms with Gasteiger partial charge in [0.1, 0.15) is 0 Å². The molecule has 4 rings (SSSR count). The zero-order valence-corrected chi connectivity index (χ0v) is 12.1. The molecule has 2 heterocycles. The number of aromatic carboxylic acids is 1. The molecule has 2 aromatic heterocycles. The lowest BCUT2D eigenvalue weighted by molar-refractivity contribution is 0.0697. The number of aromatic nitrogens is 3. The molecule has 23 heavy (non-hydrogen) atoms. The fraction of sp³-hybridized carbons (Fsp3) is 0. The number of carboxylic acid groups (broad SMARTS) is 1. The fourth-order valence-electron chi connectivity index (χ4n) is 2.62. The second kappa shape index (κ2) is 5.14. The third-order valence-electron chi connectivity index (χ3n) is 3.81. The van der Waals surface area contributed by atoms with E-state index in [4.69, 9.17) is 5.11 Å². The first-order valence-corrected chi connectivity index (χ1v) is 7.18. The molecule has 5 heteroatoms. The first kappa shape index (κ1) is 13.3. The molecule has 0 radical (unpaired) electrons. The van der Waals surface area contributed by atoms with E-state index in [1.165, 1.54) is 0 Å². The second-order valence-electron chi connectivity index (χ2n) is 5.32. The lowest BCUT2D eigenvalue weighted by atomic mass is 10.1. The lowest BCUT2D eigenvalue weighted by Gasteiger charge is -1.94. The van der Waals surface area contributed by atoms with Crippen LogP contribution in [-0.4, -0.2) is 26.3 Å². The first-order valence-electron chi connectivity index (χ1n) is 7.18. The summed E-state index contributed by atoms with van der Waals surface area (Å²) in [4.78, 5) is 14.3. The van der Waals surface area contributed by atoms with Crippen LogP contribution in [0.1, 0.15) is 10.4 Å². The highest BCUT2D eigenvalue weighted by Crippen LogP contribution is 2.26. The number of rotatable bonds is 3. The van der Waals surface area contributed by atoms with Crippen molar-refractivity contribution in [2.45, 2.75) is 0 Å². The van der Waals surface area contributed by atoms with Gasteiger partial charge in [0.15, 0.2) is 0 Å². The summed E-state index contributed by atoms with van der Waals surface area (Å²) in [5.74, 6) is -0.934. The van der Waals surface area contributed by atoms with Crippen molar-refractivity contribution in [2.24, 2.45) is 0 Å². The molecule has 0 fully saturated rings. The molecule has 0 saturated heterocycles. The maximum Gasteiger partial charge on any atom is 0.335 e. The number of H-pyrrole nitrogens is 2. The highest BCUT2D eigenvalue weighted by molar-refractivity contribution is 5.94. The van der Waals surface area contributed by atoms with Crippen molar-refractivity contribution >= 4 is 16.9 Å². The van der Waals surface area contributed by atoms with E-state index < -0.39 is 5.97 Å². The summed E-state index contributed by atoms with van der Waals surface area (Å²) in [5.41, 5.74) is 4.69. The van der Waals surface area contributed by atoms with Gasteiger partial charge in [0.2, 0.25) is 0 Å². The van der Waals surface area contributed by atoms with Crippen LogP contribution < -0.4 is 0 Å². The van der Waals surface area contributed by atoms with Crippen molar-refractivity contribution in [2.75, 3.05) is 0 Å². The summed E-state index contributed by atoms with van der Waals surface area (Å²) < 4.78 is 0. The molecule has 0 aliphatic heterocycles. The average molecular weight is 303 g/mol. The maximum absolute atomic E-state index is 11.1. The number of benzene rings is 2. The predicted octanol–water partition coefficient (Wildman–Crippen LogP) is 3.92. The SMILES string of the molecule is O=C(O)c1ccc2cc(-c3cc(-c4ccccc4)n[nH]3)[nH]c2c1. The second-order valence-corrected chi connectivity index (χ2v) is 5.32. The lowest BCUT2D eigenvalue weighted by Crippen LogP contribution is -1.94. The smallest absolute Gasteiger partial charge is 0.335 e. The average Bonchev–Trinajstić information content (AvgIpc) is 3.21. The van der Waals surface area contributed by atoms with Crippen LogP contribution in [0, 0.1) is 0 Å². The van der Waals surface area contributed by atoms with Gasteiger partial charge in [0.25, 0.3) is 0 Å². The van der Waals surface area contributed by atoms with E-state index in [1.54, 1.807) is 18.2 Å². The van der Waals surface area contributed by atoms with Gasteiger partial charge in [-0.25, -0.2) is 4.79 Å². The summed E-state index contributed by atoms with van der Waals surface area (Å²) in [5, 5.41) is 17.4. The van der Waals surface area contributed by atoms with Gasteiger partial charge in [-0.2, -0.15) is 5.10 Å². The van der Waals surface area contributed by atoms with Crippen LogP contribution in [0.5, 0.6) is 0 Å². The minimum absolute atomic E-state index is 0.264. The molecule has 0 aliphatic carbocycles. The van der Waals surface area contributed by atoms with Crippen molar-refractivity contribution in [1.29, 1.82) is 0 Å². The Morgan fingerprint density at radius 3 is 2.57 bits per heavy atom. The van der Waals surface area contributed by atoms with E-state index in [1.807, 2.05) is 42.5 Å². The summed E-state index contributed by atoms with van der Waals surface area (Å²) >= 11 is 0. The van der Waals surface area contributed by atoms with E-state index in [0.29, 0.717) is 0 Å². The van der Waals surface area contributed by atoms with Crippen LogP contribution in [0.2, 0.25) is 0 Å². The van der Waals surface area contributed by atoms with Crippen molar-refractivity contribution in [3.8, 4) is 22.6 Å². The molecule has 0 saturated carbocycles. The molecule has 0 bridgehead atoms. The summed E-state index contributed by atoms with van der Waals surface area (Å²) in [6.45, 7) is 0. The van der Waals surface area contributed by atoms with E-state index >= 15 is 0 Å². The Bertz CT molecular complexity index is 999. The first-order chi connectivity index (χ1) is 11.2. The van der Waals surface area contributed by atoms with E-state index in [2.05, 4.69) is 15.2 Å². The van der Waals surface area contributed by atoms with Crippen molar-refractivity contribution in [3.63, 3.8) is 0 Å². The van der Waals surface area contributed by atoms with Gasteiger partial charge in [-0.15, -0.1) is 0 Å². The molecular weight excluding hydrogens is 290 g/mol. The van der Waals surface area contributed by atoms with Crippen LogP contribution in [0.3, 0.4) is 0 Å². The third kappa shape index (κ3) is 2.38. The maximum atomic E-state index is 11.1. The molecular formula is C18H13N3O2. The monoisotopic (exact) mass is 303 g/mol. The number of carbonyl (C=O) groups is 1. The van der Waals surface area contributed by atoms with Crippen molar-refractivity contribution in [3.05, 3.63) is 66.2 Å². The Morgan fingerprint density at radius 1 is 0.957 bits per heavy atom. The van der Waals surface area contributed by atoms with Gasteiger partial charge in [0.05, 0.1) is 22.6 Å². The molecule has 2 aromatic carbocycles. The highest BCUT2D eigenvalue weighted by atomic mass is 16.4. The number of fused-ring (bicyclic) bond motifs is 1. The number of hydrogen-bond acceptors (Lipinski definition) is 2. The van der Waals surface area contributed by atoms with Crippen molar-refractivity contribution < 1.29 is 9.90 Å². The molecule has 0 unspecified atom stereocenters. The van der Waals surface area contributed by atoms with Gasteiger partial charge < -0.3 is 10.1 Å². The number of hydrogen-bond donors (Lipinski definition) is 3. The van der Waals surface area contributed by atoms with Gasteiger partial charge in [-0.05, 0) is 24.3 Å². The fourth-order valence-corrected chi connectivity index (χ4v) is 2.62. The minimum Gasteiger partial charge on any atom is -0.478 e. The summed E-state index contributed by atoms with van der Waals surface area (Å²) in [7, 11) is 0. The Kier molecular flexibility index (Phi) is 2.98. The number of aromatic amines is 2. The van der Waals surface area contributed by atoms with Gasteiger partial charge in [-0.3, -0.25) is 5.10 Å². The standard InChI is InChI=1S/C18H13N3O2/c22-18(23)13-7-6-12-8-16(19-14(12)9-13)17-10-15(20-21-17)11-4-2-1-3-5-11/h1-10,19H,(H,20,21)(H,22,23). The van der Waals surface area contributed by atoms with E-state index in [-0.39, 0.29) is 5.56 Å². The van der Waals surface area contributed by atoms with Crippen LogP contribution in [-0.2, 0) is 0 Å². The zero-order valence-electron chi connectivity index (χ0n) is 12.1. The minimum atomic E-state index is -0.934. The van der Waals surface area contributed by atoms with Crippen LogP contribution in [0.25, 0.3) is 33.5 Å². The normalized spacial score (nSPS) is 11.0. The van der Waals surface area contributed by atoms with Gasteiger partial charge >= 0.3 is 5.97 Å². The largest absolute Gasteiger partial charge is 0.478 e. The van der Waals surface area contributed by atoms with Crippen LogP contribution in [0.4, 0.5) is 0 Å². The molecule has 0 aliphatic rings. The number of carboxylic acids is 1. The van der Waals surface area contributed by atoms with Gasteiger partial charge in [-0.1, -0.05) is 36.4 Å². The third-order valence-corrected chi connectivity index (χ3v) is 3.81. The number of nitrogens with one attached hydrogen (secondary N) is 2. The topological polar surface area (TPSA) is 81.8 Å².